The predicted molar refractivity (Wildman–Crippen MR) is 50.6 cm³/mol. The molecule has 3 N–H and O–H groups in total. The standard InChI is InChI=1S/C9H16N2O3/c1-5(2)7(9(13)14)11-4-3-6(10)8(11)12/h5-7H,3-4,10H2,1-2H3,(H,13,14)/t6-,7?/m1/s1. The van der Waals surface area contributed by atoms with Gasteiger partial charge in [0.15, 0.2) is 0 Å². The molecule has 5 heteroatoms. The molecule has 14 heavy (non-hydrogen) atoms. The summed E-state index contributed by atoms with van der Waals surface area (Å²) in [5, 5.41) is 8.97. The van der Waals surface area contributed by atoms with Crippen LogP contribution in [0.2, 0.25) is 0 Å². The Balaban J connectivity index is 2.80. The molecule has 1 heterocycles. The molecule has 0 radical (unpaired) electrons. The van der Waals surface area contributed by atoms with E-state index in [1.165, 1.54) is 4.90 Å². The fourth-order valence-corrected chi connectivity index (χ4v) is 1.78. The van der Waals surface area contributed by atoms with Gasteiger partial charge in [-0.1, -0.05) is 13.8 Å². The van der Waals surface area contributed by atoms with E-state index in [4.69, 9.17) is 10.8 Å². The van der Waals surface area contributed by atoms with E-state index in [2.05, 4.69) is 0 Å². The highest BCUT2D eigenvalue weighted by Gasteiger charge is 2.38. The third-order valence-corrected chi connectivity index (χ3v) is 2.50. The van der Waals surface area contributed by atoms with Gasteiger partial charge in [-0.2, -0.15) is 0 Å². The minimum Gasteiger partial charge on any atom is -0.480 e. The van der Waals surface area contributed by atoms with E-state index >= 15 is 0 Å². The Kier molecular flexibility index (Phi) is 3.10. The van der Waals surface area contributed by atoms with Gasteiger partial charge in [0.25, 0.3) is 0 Å². The third-order valence-electron chi connectivity index (χ3n) is 2.50. The number of nitrogens with zero attached hydrogens (tertiary/aromatic N) is 1. The summed E-state index contributed by atoms with van der Waals surface area (Å²) in [7, 11) is 0. The summed E-state index contributed by atoms with van der Waals surface area (Å²) in [5.74, 6) is -1.30. The van der Waals surface area contributed by atoms with Crippen LogP contribution in [0.25, 0.3) is 0 Å². The Hall–Kier alpha value is -1.10. The Bertz CT molecular complexity index is 252. The SMILES string of the molecule is CC(C)C(C(=O)O)N1CC[C@@H](N)C1=O. The van der Waals surface area contributed by atoms with E-state index < -0.39 is 18.1 Å². The number of hydrogen-bond donors (Lipinski definition) is 2. The number of carboxylic acids is 1. The zero-order chi connectivity index (χ0) is 10.9. The number of amides is 1. The number of hydrogen-bond acceptors (Lipinski definition) is 3. The lowest BCUT2D eigenvalue weighted by molar-refractivity contribution is -0.150. The molecule has 0 aromatic rings. The van der Waals surface area contributed by atoms with Crippen LogP contribution in [0.4, 0.5) is 0 Å². The Labute approximate surface area is 82.9 Å². The summed E-state index contributed by atoms with van der Waals surface area (Å²) < 4.78 is 0. The lowest BCUT2D eigenvalue weighted by Crippen LogP contribution is -2.47. The second-order valence-electron chi connectivity index (χ2n) is 3.95. The maximum absolute atomic E-state index is 11.5. The van der Waals surface area contributed by atoms with Crippen molar-refractivity contribution in [3.63, 3.8) is 0 Å². The molecular weight excluding hydrogens is 184 g/mol. The van der Waals surface area contributed by atoms with Gasteiger partial charge in [-0.25, -0.2) is 4.79 Å². The van der Waals surface area contributed by atoms with Crippen LogP contribution in [0.15, 0.2) is 0 Å². The summed E-state index contributed by atoms with van der Waals surface area (Å²) in [6, 6.07) is -1.26. The third kappa shape index (κ3) is 1.87. The first kappa shape index (κ1) is 11.0. The molecule has 1 rings (SSSR count). The van der Waals surface area contributed by atoms with Crippen LogP contribution in [0, 0.1) is 5.92 Å². The number of carbonyl (C=O) groups is 2. The van der Waals surface area contributed by atoms with Crippen molar-refractivity contribution in [2.24, 2.45) is 11.7 Å². The maximum atomic E-state index is 11.5. The number of nitrogens with two attached hydrogens (primary N) is 1. The normalized spacial score (nSPS) is 24.4. The molecule has 1 aliphatic rings. The van der Waals surface area contributed by atoms with Crippen molar-refractivity contribution >= 4 is 11.9 Å². The first-order valence-corrected chi connectivity index (χ1v) is 4.74. The largest absolute Gasteiger partial charge is 0.480 e. The molecule has 1 unspecified atom stereocenters. The molecule has 80 valence electrons. The topological polar surface area (TPSA) is 83.6 Å². The molecule has 2 atom stereocenters. The molecule has 0 saturated carbocycles. The summed E-state index contributed by atoms with van der Waals surface area (Å²) in [4.78, 5) is 23.8. The van der Waals surface area contributed by atoms with Crippen molar-refractivity contribution in [3.8, 4) is 0 Å². The van der Waals surface area contributed by atoms with Crippen LogP contribution >= 0.6 is 0 Å². The smallest absolute Gasteiger partial charge is 0.326 e. The van der Waals surface area contributed by atoms with Gasteiger partial charge in [-0.3, -0.25) is 4.79 Å². The van der Waals surface area contributed by atoms with Crippen LogP contribution in [0.1, 0.15) is 20.3 Å². The summed E-state index contributed by atoms with van der Waals surface area (Å²) in [5.41, 5.74) is 5.52. The highest BCUT2D eigenvalue weighted by atomic mass is 16.4. The molecule has 1 fully saturated rings. The average Bonchev–Trinajstić information content (AvgIpc) is 2.35. The first-order chi connectivity index (χ1) is 6.45. The minimum absolute atomic E-state index is 0.0956. The average molecular weight is 200 g/mol. The number of carbonyl (C=O) groups excluding carboxylic acids is 1. The summed E-state index contributed by atoms with van der Waals surface area (Å²) >= 11 is 0. The Morgan fingerprint density at radius 2 is 2.21 bits per heavy atom. The van der Waals surface area contributed by atoms with Gasteiger partial charge in [0, 0.05) is 6.54 Å². The van der Waals surface area contributed by atoms with Gasteiger partial charge in [-0.15, -0.1) is 0 Å². The zero-order valence-corrected chi connectivity index (χ0v) is 8.43. The summed E-state index contributed by atoms with van der Waals surface area (Å²) in [6.45, 7) is 4.03. The lowest BCUT2D eigenvalue weighted by Gasteiger charge is -2.27. The van der Waals surface area contributed by atoms with Gasteiger partial charge < -0.3 is 15.7 Å². The highest BCUT2D eigenvalue weighted by molar-refractivity contribution is 5.88. The molecule has 1 saturated heterocycles. The van der Waals surface area contributed by atoms with Gasteiger partial charge in [-0.05, 0) is 12.3 Å². The monoisotopic (exact) mass is 200 g/mol. The van der Waals surface area contributed by atoms with Gasteiger partial charge in [0.1, 0.15) is 6.04 Å². The Morgan fingerprint density at radius 1 is 1.64 bits per heavy atom. The van der Waals surface area contributed by atoms with Crippen molar-refractivity contribution in [2.75, 3.05) is 6.54 Å². The van der Waals surface area contributed by atoms with Crippen LogP contribution in [0.5, 0.6) is 0 Å². The van der Waals surface area contributed by atoms with Crippen molar-refractivity contribution in [1.82, 2.24) is 4.90 Å². The molecule has 0 aromatic carbocycles. The predicted octanol–water partition coefficient (Wildman–Crippen LogP) is -0.345. The minimum atomic E-state index is -0.956. The molecule has 0 bridgehead atoms. The number of likely N-dealkylation sites (tertiary alicyclic amines) is 1. The van der Waals surface area contributed by atoms with E-state index in [1.807, 2.05) is 0 Å². The molecule has 1 amide bonds. The zero-order valence-electron chi connectivity index (χ0n) is 8.43. The van der Waals surface area contributed by atoms with Gasteiger partial charge >= 0.3 is 5.97 Å². The number of aliphatic carboxylic acids is 1. The fourth-order valence-electron chi connectivity index (χ4n) is 1.78. The van der Waals surface area contributed by atoms with Crippen molar-refractivity contribution < 1.29 is 14.7 Å². The highest BCUT2D eigenvalue weighted by Crippen LogP contribution is 2.18. The van der Waals surface area contributed by atoms with E-state index in [0.717, 1.165) is 0 Å². The Morgan fingerprint density at radius 3 is 2.50 bits per heavy atom. The van der Waals surface area contributed by atoms with E-state index in [0.29, 0.717) is 13.0 Å². The second-order valence-corrected chi connectivity index (χ2v) is 3.95. The van der Waals surface area contributed by atoms with E-state index in [1.54, 1.807) is 13.8 Å². The van der Waals surface area contributed by atoms with Crippen molar-refractivity contribution in [2.45, 2.75) is 32.4 Å². The molecular formula is C9H16N2O3. The number of carboxylic acid groups (broad SMARTS) is 1. The van der Waals surface area contributed by atoms with Crippen LogP contribution in [0.3, 0.4) is 0 Å². The molecule has 5 nitrogen and oxygen atoms in total. The number of rotatable bonds is 3. The fraction of sp³-hybridized carbons (Fsp3) is 0.778. The van der Waals surface area contributed by atoms with Crippen LogP contribution < -0.4 is 5.73 Å². The maximum Gasteiger partial charge on any atom is 0.326 e. The lowest BCUT2D eigenvalue weighted by atomic mass is 10.0. The molecule has 1 aliphatic heterocycles. The molecule has 0 spiro atoms. The molecule has 0 aromatic heterocycles. The van der Waals surface area contributed by atoms with Crippen molar-refractivity contribution in [1.29, 1.82) is 0 Å². The summed E-state index contributed by atoms with van der Waals surface area (Å²) in [6.07, 6.45) is 0.551. The van der Waals surface area contributed by atoms with E-state index in [9.17, 15) is 9.59 Å². The quantitative estimate of drug-likeness (QED) is 0.652. The second kappa shape index (κ2) is 3.96. The van der Waals surface area contributed by atoms with Crippen molar-refractivity contribution in [3.05, 3.63) is 0 Å². The first-order valence-electron chi connectivity index (χ1n) is 4.74. The van der Waals surface area contributed by atoms with Gasteiger partial charge in [0.2, 0.25) is 5.91 Å². The molecule has 0 aliphatic carbocycles. The van der Waals surface area contributed by atoms with Gasteiger partial charge in [0.05, 0.1) is 6.04 Å². The van der Waals surface area contributed by atoms with Crippen LogP contribution in [-0.2, 0) is 9.59 Å². The van der Waals surface area contributed by atoms with E-state index in [-0.39, 0.29) is 11.8 Å². The van der Waals surface area contributed by atoms with Crippen LogP contribution in [-0.4, -0.2) is 40.5 Å².